The van der Waals surface area contributed by atoms with Gasteiger partial charge in [0.05, 0.1) is 6.67 Å². The summed E-state index contributed by atoms with van der Waals surface area (Å²) in [6.45, 7) is 5.59. The molecule has 1 rings (SSSR count). The van der Waals surface area contributed by atoms with E-state index < -0.39 is 0 Å². The molecule has 0 bridgehead atoms. The molecule has 0 atom stereocenters. The summed E-state index contributed by atoms with van der Waals surface area (Å²) in [6.07, 6.45) is 6.04. The van der Waals surface area contributed by atoms with Gasteiger partial charge in [-0.2, -0.15) is 0 Å². The van der Waals surface area contributed by atoms with Crippen LogP contribution in [0.25, 0.3) is 0 Å². The number of hydrogen-bond acceptors (Lipinski definition) is 2. The molecule has 58 valence electrons. The third-order valence-electron chi connectivity index (χ3n) is 1.30. The predicted molar refractivity (Wildman–Crippen MR) is 42.3 cm³/mol. The van der Waals surface area contributed by atoms with Crippen molar-refractivity contribution in [1.82, 2.24) is 9.80 Å². The van der Waals surface area contributed by atoms with Crippen molar-refractivity contribution in [3.63, 3.8) is 0 Å². The van der Waals surface area contributed by atoms with Crippen LogP contribution in [0.4, 0.5) is 0 Å². The van der Waals surface area contributed by atoms with Crippen LogP contribution in [0.2, 0.25) is 0 Å². The molecule has 0 aliphatic carbocycles. The van der Waals surface area contributed by atoms with Crippen LogP contribution >= 0.6 is 0 Å². The molecule has 10 heavy (non-hydrogen) atoms. The molecular formula is C7H14N2O. The molecular weight excluding hydrogens is 128 g/mol. The second-order valence-electron chi connectivity index (χ2n) is 2.26. The first-order valence-corrected chi connectivity index (χ1v) is 3.06. The fraction of sp³-hybridized carbons (Fsp3) is 0.429. The minimum atomic E-state index is 0. The molecule has 3 nitrogen and oxygen atoms in total. The molecule has 0 aromatic carbocycles. The average molecular weight is 142 g/mol. The van der Waals surface area contributed by atoms with Gasteiger partial charge in [0, 0.05) is 26.0 Å². The van der Waals surface area contributed by atoms with E-state index in [0.717, 1.165) is 13.2 Å². The first kappa shape index (κ1) is 9.04. The number of rotatable bonds is 2. The normalized spacial score (nSPS) is 15.3. The lowest BCUT2D eigenvalue weighted by Crippen LogP contribution is -2.21. The van der Waals surface area contributed by atoms with Crippen LogP contribution in [0, 0.1) is 0 Å². The van der Waals surface area contributed by atoms with Gasteiger partial charge in [0.1, 0.15) is 0 Å². The summed E-state index contributed by atoms with van der Waals surface area (Å²) in [5.41, 5.74) is 0. The molecule has 0 unspecified atom stereocenters. The summed E-state index contributed by atoms with van der Waals surface area (Å²) in [4.78, 5) is 4.32. The Morgan fingerprint density at radius 2 is 2.30 bits per heavy atom. The lowest BCUT2D eigenvalue weighted by Gasteiger charge is -2.15. The van der Waals surface area contributed by atoms with E-state index in [-0.39, 0.29) is 5.48 Å². The molecule has 3 heteroatoms. The zero-order valence-corrected chi connectivity index (χ0v) is 6.25. The summed E-state index contributed by atoms with van der Waals surface area (Å²) in [7, 11) is 2.06. The van der Waals surface area contributed by atoms with Crippen molar-refractivity contribution in [2.24, 2.45) is 0 Å². The van der Waals surface area contributed by atoms with E-state index in [4.69, 9.17) is 0 Å². The molecule has 0 saturated carbocycles. The fourth-order valence-electron chi connectivity index (χ4n) is 0.873. The summed E-state index contributed by atoms with van der Waals surface area (Å²) < 4.78 is 0. The van der Waals surface area contributed by atoms with E-state index in [1.54, 1.807) is 0 Å². The lowest BCUT2D eigenvalue weighted by atomic mass is 10.6. The third-order valence-corrected chi connectivity index (χ3v) is 1.30. The highest BCUT2D eigenvalue weighted by atomic mass is 16.0. The van der Waals surface area contributed by atoms with E-state index in [9.17, 15) is 0 Å². The zero-order valence-electron chi connectivity index (χ0n) is 6.25. The molecule has 0 saturated heterocycles. The second kappa shape index (κ2) is 3.95. The molecule has 1 heterocycles. The van der Waals surface area contributed by atoms with Crippen LogP contribution < -0.4 is 0 Å². The largest absolute Gasteiger partial charge is 0.412 e. The summed E-state index contributed by atoms with van der Waals surface area (Å²) in [6, 6.07) is 0. The van der Waals surface area contributed by atoms with Gasteiger partial charge in [-0.25, -0.2) is 0 Å². The number of nitrogens with zero attached hydrogens (tertiary/aromatic N) is 2. The van der Waals surface area contributed by atoms with Gasteiger partial charge in [-0.05, 0) is 0 Å². The topological polar surface area (TPSA) is 38.0 Å². The maximum Gasteiger partial charge on any atom is 0.0894 e. The Hall–Kier alpha value is -0.960. The fourth-order valence-corrected chi connectivity index (χ4v) is 0.873. The Kier molecular flexibility index (Phi) is 3.57. The zero-order chi connectivity index (χ0) is 6.69. The molecule has 1 aliphatic heterocycles. The summed E-state index contributed by atoms with van der Waals surface area (Å²) >= 11 is 0. The maximum atomic E-state index is 3.66. The molecule has 0 fully saturated rings. The molecule has 0 spiro atoms. The van der Waals surface area contributed by atoms with Crippen molar-refractivity contribution < 1.29 is 5.48 Å². The van der Waals surface area contributed by atoms with E-state index >= 15 is 0 Å². The quantitative estimate of drug-likeness (QED) is 0.510. The van der Waals surface area contributed by atoms with Gasteiger partial charge in [0.25, 0.3) is 0 Å². The average Bonchev–Trinajstić information content (AvgIpc) is 2.17. The van der Waals surface area contributed by atoms with Gasteiger partial charge in [0.15, 0.2) is 0 Å². The summed E-state index contributed by atoms with van der Waals surface area (Å²) in [5, 5.41) is 0. The Labute approximate surface area is 61.5 Å². The molecule has 0 amide bonds. The highest BCUT2D eigenvalue weighted by molar-refractivity contribution is 4.91. The minimum Gasteiger partial charge on any atom is -0.412 e. The highest BCUT2D eigenvalue weighted by Crippen LogP contribution is 2.01. The molecule has 0 aromatic rings. The predicted octanol–water partition coefficient (Wildman–Crippen LogP) is 0.0238. The Morgan fingerprint density at radius 3 is 2.70 bits per heavy atom. The second-order valence-corrected chi connectivity index (χ2v) is 2.26. The van der Waals surface area contributed by atoms with Crippen molar-refractivity contribution in [3.8, 4) is 0 Å². The van der Waals surface area contributed by atoms with Crippen molar-refractivity contribution >= 4 is 0 Å². The monoisotopic (exact) mass is 142 g/mol. The molecule has 1 aliphatic rings. The van der Waals surface area contributed by atoms with E-state index in [2.05, 4.69) is 35.8 Å². The van der Waals surface area contributed by atoms with Crippen molar-refractivity contribution in [3.05, 3.63) is 25.1 Å². The van der Waals surface area contributed by atoms with Gasteiger partial charge in [0.2, 0.25) is 0 Å². The minimum absolute atomic E-state index is 0. The van der Waals surface area contributed by atoms with Gasteiger partial charge < -0.3 is 15.3 Å². The first-order valence-electron chi connectivity index (χ1n) is 3.06. The Morgan fingerprint density at radius 1 is 1.60 bits per heavy atom. The van der Waals surface area contributed by atoms with Crippen molar-refractivity contribution in [2.45, 2.75) is 0 Å². The van der Waals surface area contributed by atoms with Crippen LogP contribution in [0.5, 0.6) is 0 Å². The van der Waals surface area contributed by atoms with Crippen LogP contribution in [0.3, 0.4) is 0 Å². The first-order chi connectivity index (χ1) is 4.33. The van der Waals surface area contributed by atoms with Crippen molar-refractivity contribution in [2.75, 3.05) is 20.3 Å². The Bertz CT molecular complexity index is 134. The van der Waals surface area contributed by atoms with Crippen molar-refractivity contribution in [1.29, 1.82) is 0 Å². The SMILES string of the molecule is C=CCN1C=CN(C)C1.O. The van der Waals surface area contributed by atoms with E-state index in [0.29, 0.717) is 0 Å². The summed E-state index contributed by atoms with van der Waals surface area (Å²) in [5.74, 6) is 0. The van der Waals surface area contributed by atoms with Gasteiger partial charge in [-0.15, -0.1) is 6.58 Å². The lowest BCUT2D eigenvalue weighted by molar-refractivity contribution is 0.318. The maximum absolute atomic E-state index is 3.66. The Balaban J connectivity index is 0.000000810. The third kappa shape index (κ3) is 2.11. The highest BCUT2D eigenvalue weighted by Gasteiger charge is 2.04. The van der Waals surface area contributed by atoms with Crippen LogP contribution in [0.15, 0.2) is 25.1 Å². The van der Waals surface area contributed by atoms with Gasteiger partial charge in [-0.1, -0.05) is 6.08 Å². The van der Waals surface area contributed by atoms with Crippen LogP contribution in [-0.2, 0) is 0 Å². The standard InChI is InChI=1S/C7H12N2.H2O/c1-3-4-9-6-5-8(2)7-9;/h3,5-6H,1,4,7H2,2H3;1H2. The molecule has 2 N–H and O–H groups in total. The van der Waals surface area contributed by atoms with Gasteiger partial charge in [-0.3, -0.25) is 0 Å². The smallest absolute Gasteiger partial charge is 0.0894 e. The molecule has 0 radical (unpaired) electrons. The van der Waals surface area contributed by atoms with E-state index in [1.807, 2.05) is 6.08 Å². The molecule has 0 aromatic heterocycles. The van der Waals surface area contributed by atoms with Crippen LogP contribution in [-0.4, -0.2) is 35.5 Å². The number of hydrogen-bond donors (Lipinski definition) is 0. The van der Waals surface area contributed by atoms with Crippen LogP contribution in [0.1, 0.15) is 0 Å². The van der Waals surface area contributed by atoms with E-state index in [1.165, 1.54) is 0 Å². The van der Waals surface area contributed by atoms with Gasteiger partial charge >= 0.3 is 0 Å².